The third-order valence-corrected chi connectivity index (χ3v) is 4.27. The molecule has 1 unspecified atom stereocenters. The van der Waals surface area contributed by atoms with Crippen molar-refractivity contribution in [1.29, 1.82) is 0 Å². The van der Waals surface area contributed by atoms with E-state index in [1.54, 1.807) is 7.11 Å². The quantitative estimate of drug-likeness (QED) is 0.635. The van der Waals surface area contributed by atoms with Gasteiger partial charge in [-0.2, -0.15) is 0 Å². The first-order valence-corrected chi connectivity index (χ1v) is 8.72. The summed E-state index contributed by atoms with van der Waals surface area (Å²) in [5, 5.41) is 3.57. The molecule has 0 spiro atoms. The van der Waals surface area contributed by atoms with Crippen molar-refractivity contribution in [3.05, 3.63) is 71.8 Å². The summed E-state index contributed by atoms with van der Waals surface area (Å²) in [4.78, 5) is 4.88. The predicted molar refractivity (Wildman–Crippen MR) is 104 cm³/mol. The van der Waals surface area contributed by atoms with Crippen molar-refractivity contribution in [2.75, 3.05) is 19.1 Å². The average molecular weight is 332 g/mol. The molecule has 128 valence electrons. The van der Waals surface area contributed by atoms with Crippen LogP contribution >= 0.6 is 0 Å². The fraction of sp³-hybridized carbons (Fsp3) is 0.273. The fourth-order valence-corrected chi connectivity index (χ4v) is 2.99. The van der Waals surface area contributed by atoms with Crippen molar-refractivity contribution in [1.82, 2.24) is 5.32 Å². The van der Waals surface area contributed by atoms with Gasteiger partial charge in [-0.15, -0.1) is 0 Å². The summed E-state index contributed by atoms with van der Waals surface area (Å²) in [6, 6.07) is 19.0. The first-order chi connectivity index (χ1) is 12.3. The lowest BCUT2D eigenvalue weighted by Crippen LogP contribution is -2.31. The summed E-state index contributed by atoms with van der Waals surface area (Å²) in [5.74, 6) is 6.51. The van der Waals surface area contributed by atoms with Gasteiger partial charge in [-0.3, -0.25) is 10.3 Å². The zero-order valence-corrected chi connectivity index (χ0v) is 14.6. The lowest BCUT2D eigenvalue weighted by Gasteiger charge is -2.22. The van der Waals surface area contributed by atoms with Gasteiger partial charge in [0.05, 0.1) is 12.8 Å². The molecule has 3 heteroatoms. The van der Waals surface area contributed by atoms with E-state index in [4.69, 9.17) is 4.84 Å². The molecule has 0 fully saturated rings. The van der Waals surface area contributed by atoms with E-state index in [2.05, 4.69) is 59.0 Å². The van der Waals surface area contributed by atoms with Gasteiger partial charge in [-0.05, 0) is 54.8 Å². The van der Waals surface area contributed by atoms with E-state index in [0.717, 1.165) is 37.1 Å². The zero-order chi connectivity index (χ0) is 17.3. The van der Waals surface area contributed by atoms with E-state index in [-0.39, 0.29) is 0 Å². The first kappa shape index (κ1) is 17.3. The number of nitrogens with one attached hydrogen (secondary N) is 2. The Labute approximate surface area is 150 Å². The third kappa shape index (κ3) is 5.22. The van der Waals surface area contributed by atoms with Crippen molar-refractivity contribution in [2.24, 2.45) is 0 Å². The molecule has 2 aromatic rings. The highest BCUT2D eigenvalue weighted by molar-refractivity contribution is 5.67. The van der Waals surface area contributed by atoms with Gasteiger partial charge in [0.1, 0.15) is 0 Å². The first-order valence-electron chi connectivity index (χ1n) is 8.72. The van der Waals surface area contributed by atoms with E-state index in [1.165, 1.54) is 11.1 Å². The molecule has 2 N–H and O–H groups in total. The molecule has 25 heavy (non-hydrogen) atoms. The van der Waals surface area contributed by atoms with Crippen LogP contribution in [-0.4, -0.2) is 19.7 Å². The topological polar surface area (TPSA) is 33.3 Å². The van der Waals surface area contributed by atoms with Crippen LogP contribution in [0.15, 0.2) is 60.7 Å². The molecule has 0 aromatic heterocycles. The van der Waals surface area contributed by atoms with E-state index in [0.29, 0.717) is 6.04 Å². The van der Waals surface area contributed by atoms with E-state index in [9.17, 15) is 0 Å². The lowest BCUT2D eigenvalue weighted by molar-refractivity contribution is 0.271. The number of benzene rings is 2. The molecule has 3 nitrogen and oxygen atoms in total. The van der Waals surface area contributed by atoms with Crippen molar-refractivity contribution < 1.29 is 4.84 Å². The average Bonchev–Trinajstić information content (AvgIpc) is 2.68. The Morgan fingerprint density at radius 3 is 2.68 bits per heavy atom. The largest absolute Gasteiger partial charge is 0.310 e. The van der Waals surface area contributed by atoms with Gasteiger partial charge in [-0.1, -0.05) is 48.2 Å². The minimum absolute atomic E-state index is 0.409. The second-order valence-corrected chi connectivity index (χ2v) is 6.09. The molecule has 1 aliphatic heterocycles. The summed E-state index contributed by atoms with van der Waals surface area (Å²) >= 11 is 0. The summed E-state index contributed by atoms with van der Waals surface area (Å²) < 4.78 is 0. The molecule has 0 aliphatic carbocycles. The summed E-state index contributed by atoms with van der Waals surface area (Å²) in [7, 11) is 1.60. The van der Waals surface area contributed by atoms with Crippen molar-refractivity contribution in [2.45, 2.75) is 25.3 Å². The fourth-order valence-electron chi connectivity index (χ4n) is 2.99. The van der Waals surface area contributed by atoms with Crippen molar-refractivity contribution in [3.8, 4) is 11.8 Å². The number of rotatable bonds is 5. The van der Waals surface area contributed by atoms with Gasteiger partial charge in [0.2, 0.25) is 0 Å². The maximum atomic E-state index is 4.88. The maximum absolute atomic E-state index is 4.88. The second kappa shape index (κ2) is 9.08. The minimum atomic E-state index is 0.409. The van der Waals surface area contributed by atoms with Gasteiger partial charge in [0.15, 0.2) is 0 Å². The molecule has 2 aromatic carbocycles. The van der Waals surface area contributed by atoms with E-state index in [1.807, 2.05) is 24.3 Å². The lowest BCUT2D eigenvalue weighted by atomic mass is 9.95. The molecule has 0 amide bonds. The molecule has 1 aliphatic rings. The molecule has 3 rings (SSSR count). The van der Waals surface area contributed by atoms with Crippen LogP contribution in [0.5, 0.6) is 0 Å². The number of hydrogen-bond donors (Lipinski definition) is 2. The molecule has 0 radical (unpaired) electrons. The van der Waals surface area contributed by atoms with Gasteiger partial charge in [0, 0.05) is 18.0 Å². The van der Waals surface area contributed by atoms with Crippen LogP contribution in [0.2, 0.25) is 0 Å². The van der Waals surface area contributed by atoms with Crippen molar-refractivity contribution >= 4 is 11.3 Å². The smallest absolute Gasteiger partial charge is 0.0636 e. The number of anilines is 1. The van der Waals surface area contributed by atoms with Gasteiger partial charge >= 0.3 is 0 Å². The predicted octanol–water partition coefficient (Wildman–Crippen LogP) is 4.24. The molecular weight excluding hydrogens is 308 g/mol. The summed E-state index contributed by atoms with van der Waals surface area (Å²) in [6.07, 6.45) is 5.38. The van der Waals surface area contributed by atoms with Crippen LogP contribution in [0.4, 0.5) is 5.69 Å². The molecule has 0 bridgehead atoms. The Bertz CT molecular complexity index is 754. The number of hydrogen-bond acceptors (Lipinski definition) is 3. The van der Waals surface area contributed by atoms with Crippen LogP contribution in [0.25, 0.3) is 5.57 Å². The molecular formula is C22H24N2O. The summed E-state index contributed by atoms with van der Waals surface area (Å²) in [6.45, 7) is 1.03. The third-order valence-electron chi connectivity index (χ3n) is 4.27. The van der Waals surface area contributed by atoms with Crippen LogP contribution in [-0.2, 0) is 4.84 Å². The highest BCUT2D eigenvalue weighted by Gasteiger charge is 2.13. The standard InChI is InChI=1S/C22H24N2O/c1-25-24-21-13-11-18(12-14-21)7-5-6-10-22-17-20(15-16-23-22)19-8-3-2-4-9-19/h2-4,8-9,11-14,17,22-24H,6,10,15-16H2,1H3. The van der Waals surface area contributed by atoms with Crippen LogP contribution in [0.3, 0.4) is 0 Å². The highest BCUT2D eigenvalue weighted by Crippen LogP contribution is 2.22. The zero-order valence-electron chi connectivity index (χ0n) is 14.6. The van der Waals surface area contributed by atoms with Crippen molar-refractivity contribution in [3.63, 3.8) is 0 Å². The van der Waals surface area contributed by atoms with Crippen LogP contribution in [0.1, 0.15) is 30.4 Å². The monoisotopic (exact) mass is 332 g/mol. The van der Waals surface area contributed by atoms with Gasteiger partial charge in [-0.25, -0.2) is 0 Å². The van der Waals surface area contributed by atoms with E-state index >= 15 is 0 Å². The normalized spacial score (nSPS) is 16.5. The molecule has 1 atom stereocenters. The summed E-state index contributed by atoms with van der Waals surface area (Å²) in [5.41, 5.74) is 7.54. The van der Waals surface area contributed by atoms with Gasteiger partial charge < -0.3 is 5.32 Å². The SMILES string of the molecule is CONc1ccc(C#CCCC2C=C(c3ccccc3)CCN2)cc1. The second-order valence-electron chi connectivity index (χ2n) is 6.09. The van der Waals surface area contributed by atoms with Crippen LogP contribution in [0, 0.1) is 11.8 Å². The Morgan fingerprint density at radius 2 is 1.92 bits per heavy atom. The Kier molecular flexibility index (Phi) is 6.28. The minimum Gasteiger partial charge on any atom is -0.310 e. The Morgan fingerprint density at radius 1 is 1.12 bits per heavy atom. The molecule has 1 heterocycles. The maximum Gasteiger partial charge on any atom is 0.0636 e. The molecule has 0 saturated heterocycles. The molecule has 0 saturated carbocycles. The Hall–Kier alpha value is -2.54. The van der Waals surface area contributed by atoms with Crippen LogP contribution < -0.4 is 10.8 Å². The van der Waals surface area contributed by atoms with E-state index < -0.39 is 0 Å². The highest BCUT2D eigenvalue weighted by atomic mass is 16.6. The Balaban J connectivity index is 1.53. The van der Waals surface area contributed by atoms with Gasteiger partial charge in [0.25, 0.3) is 0 Å².